The van der Waals surface area contributed by atoms with Crippen LogP contribution in [-0.2, 0) is 11.4 Å². The van der Waals surface area contributed by atoms with Crippen molar-refractivity contribution in [2.24, 2.45) is 5.10 Å². The lowest BCUT2D eigenvalue weighted by molar-refractivity contribution is -0.118. The van der Waals surface area contributed by atoms with Crippen molar-refractivity contribution in [2.75, 3.05) is 5.75 Å². The first-order chi connectivity index (χ1) is 16.2. The highest BCUT2D eigenvalue weighted by Crippen LogP contribution is 2.29. The Bertz CT molecular complexity index is 1250. The molecule has 0 saturated heterocycles. The molecule has 0 unspecified atom stereocenters. The van der Waals surface area contributed by atoms with Gasteiger partial charge in [0.15, 0.2) is 4.34 Å². The molecule has 0 atom stereocenters. The second kappa shape index (κ2) is 11.6. The van der Waals surface area contributed by atoms with Crippen LogP contribution in [-0.4, -0.2) is 28.1 Å². The van der Waals surface area contributed by atoms with E-state index < -0.39 is 0 Å². The molecule has 0 spiro atoms. The van der Waals surface area contributed by atoms with Crippen molar-refractivity contribution in [1.29, 1.82) is 0 Å². The van der Waals surface area contributed by atoms with Crippen molar-refractivity contribution in [1.82, 2.24) is 15.6 Å². The lowest BCUT2D eigenvalue weighted by atomic mass is 10.2. The minimum atomic E-state index is -0.223. The highest BCUT2D eigenvalue weighted by atomic mass is 35.5. The normalized spacial score (nSPS) is 10.9. The van der Waals surface area contributed by atoms with E-state index >= 15 is 0 Å². The third-order valence-electron chi connectivity index (χ3n) is 4.37. The van der Waals surface area contributed by atoms with Crippen LogP contribution in [0.25, 0.3) is 10.6 Å². The van der Waals surface area contributed by atoms with Crippen LogP contribution < -0.4 is 10.2 Å². The van der Waals surface area contributed by atoms with Crippen LogP contribution in [0, 0.1) is 0 Å². The van der Waals surface area contributed by atoms with Crippen LogP contribution in [0.5, 0.6) is 5.75 Å². The first-order valence-electron chi connectivity index (χ1n) is 9.97. The Hall–Kier alpha value is -3.20. The predicted octanol–water partition coefficient (Wildman–Crippen LogP) is 5.68. The molecule has 0 aliphatic rings. The zero-order valence-electron chi connectivity index (χ0n) is 17.3. The zero-order chi connectivity index (χ0) is 22.9. The molecule has 3 aromatic carbocycles. The van der Waals surface area contributed by atoms with Crippen LogP contribution in [0.3, 0.4) is 0 Å². The Morgan fingerprint density at radius 1 is 1.06 bits per heavy atom. The molecule has 1 N–H and O–H groups in total. The molecule has 0 radical (unpaired) electrons. The Balaban J connectivity index is 1.24. The van der Waals surface area contributed by atoms with E-state index in [4.69, 9.17) is 16.3 Å². The monoisotopic (exact) mass is 494 g/mol. The van der Waals surface area contributed by atoms with Crippen LogP contribution in [0.4, 0.5) is 0 Å². The number of ether oxygens (including phenoxy) is 1. The second-order valence-corrected chi connectivity index (χ2v) is 9.38. The van der Waals surface area contributed by atoms with E-state index in [-0.39, 0.29) is 11.7 Å². The quantitative estimate of drug-likeness (QED) is 0.184. The molecule has 6 nitrogen and oxygen atoms in total. The highest BCUT2D eigenvalue weighted by Gasteiger charge is 2.09. The maximum atomic E-state index is 12.1. The van der Waals surface area contributed by atoms with Crippen LogP contribution in [0.1, 0.15) is 11.1 Å². The van der Waals surface area contributed by atoms with Gasteiger partial charge in [0.25, 0.3) is 5.91 Å². The number of hydrazone groups is 1. The number of amides is 1. The van der Waals surface area contributed by atoms with E-state index in [0.29, 0.717) is 17.4 Å². The summed E-state index contributed by atoms with van der Waals surface area (Å²) >= 11 is 8.94. The summed E-state index contributed by atoms with van der Waals surface area (Å²) in [5.74, 6) is 0.659. The van der Waals surface area contributed by atoms with E-state index in [2.05, 4.69) is 20.7 Å². The third kappa shape index (κ3) is 6.89. The lowest BCUT2D eigenvalue weighted by Crippen LogP contribution is -2.19. The second-order valence-electron chi connectivity index (χ2n) is 6.77. The number of hydrogen-bond donors (Lipinski definition) is 1. The van der Waals surface area contributed by atoms with Gasteiger partial charge in [0, 0.05) is 16.1 Å². The van der Waals surface area contributed by atoms with Gasteiger partial charge in [-0.05, 0) is 23.8 Å². The molecule has 0 aliphatic heterocycles. The zero-order valence-corrected chi connectivity index (χ0v) is 19.7. The largest absolute Gasteiger partial charge is 0.489 e. The number of hydrogen-bond acceptors (Lipinski definition) is 7. The number of carbonyl (C=O) groups is 1. The Morgan fingerprint density at radius 2 is 1.88 bits per heavy atom. The Labute approximate surface area is 204 Å². The lowest BCUT2D eigenvalue weighted by Gasteiger charge is -2.08. The standard InChI is InChI=1S/C24H19ClN4O2S2/c25-21-12-5-4-10-19(21)15-31-20-11-6-7-17(13-20)14-26-27-22(30)16-32-24-29-28-23(33-24)18-8-2-1-3-9-18/h1-14H,15-16H2,(H,27,30). The fourth-order valence-corrected chi connectivity index (χ4v) is 4.60. The molecule has 9 heteroatoms. The Morgan fingerprint density at radius 3 is 2.73 bits per heavy atom. The number of nitrogens with zero attached hydrogens (tertiary/aromatic N) is 3. The number of halogens is 1. The van der Waals surface area contributed by atoms with E-state index in [1.54, 1.807) is 6.21 Å². The van der Waals surface area contributed by atoms with Gasteiger partial charge in [0.05, 0.1) is 12.0 Å². The van der Waals surface area contributed by atoms with Crippen molar-refractivity contribution in [3.8, 4) is 16.3 Å². The maximum absolute atomic E-state index is 12.1. The van der Waals surface area contributed by atoms with Gasteiger partial charge in [-0.3, -0.25) is 4.79 Å². The number of nitrogens with one attached hydrogen (secondary N) is 1. The number of benzene rings is 3. The van der Waals surface area contributed by atoms with Gasteiger partial charge in [-0.15, -0.1) is 10.2 Å². The van der Waals surface area contributed by atoms with Crippen molar-refractivity contribution >= 4 is 46.8 Å². The van der Waals surface area contributed by atoms with Gasteiger partial charge in [-0.25, -0.2) is 5.43 Å². The molecule has 4 rings (SSSR count). The molecule has 1 aromatic heterocycles. The van der Waals surface area contributed by atoms with Gasteiger partial charge >= 0.3 is 0 Å². The van der Waals surface area contributed by atoms with Crippen molar-refractivity contribution in [3.63, 3.8) is 0 Å². The summed E-state index contributed by atoms with van der Waals surface area (Å²) in [6.45, 7) is 0.367. The Kier molecular flexibility index (Phi) is 8.08. The smallest absolute Gasteiger partial charge is 0.250 e. The van der Waals surface area contributed by atoms with E-state index in [9.17, 15) is 4.79 Å². The summed E-state index contributed by atoms with van der Waals surface area (Å²) in [6.07, 6.45) is 1.57. The summed E-state index contributed by atoms with van der Waals surface area (Å²) in [4.78, 5) is 12.1. The average Bonchev–Trinajstić information content (AvgIpc) is 3.32. The minimum Gasteiger partial charge on any atom is -0.489 e. The van der Waals surface area contributed by atoms with Gasteiger partial charge in [-0.1, -0.05) is 95.4 Å². The van der Waals surface area contributed by atoms with E-state index in [0.717, 1.165) is 26.0 Å². The fraction of sp³-hybridized carbons (Fsp3) is 0.0833. The van der Waals surface area contributed by atoms with Gasteiger partial charge in [0.1, 0.15) is 17.4 Å². The molecule has 0 fully saturated rings. The third-order valence-corrected chi connectivity index (χ3v) is 6.84. The highest BCUT2D eigenvalue weighted by molar-refractivity contribution is 8.01. The molecule has 0 saturated carbocycles. The maximum Gasteiger partial charge on any atom is 0.250 e. The summed E-state index contributed by atoms with van der Waals surface area (Å²) < 4.78 is 6.55. The van der Waals surface area contributed by atoms with Gasteiger partial charge < -0.3 is 4.74 Å². The van der Waals surface area contributed by atoms with Gasteiger partial charge in [0.2, 0.25) is 0 Å². The fourth-order valence-electron chi connectivity index (χ4n) is 2.77. The summed E-state index contributed by atoms with van der Waals surface area (Å²) in [6, 6.07) is 24.8. The number of aromatic nitrogens is 2. The van der Waals surface area contributed by atoms with Crippen LogP contribution >= 0.6 is 34.7 Å². The average molecular weight is 495 g/mol. The number of thioether (sulfide) groups is 1. The first-order valence-corrected chi connectivity index (χ1v) is 12.2. The number of carbonyl (C=O) groups excluding carboxylic acids is 1. The topological polar surface area (TPSA) is 76.5 Å². The molecule has 4 aromatic rings. The van der Waals surface area contributed by atoms with Gasteiger partial charge in [-0.2, -0.15) is 5.10 Å². The van der Waals surface area contributed by atoms with E-state index in [1.165, 1.54) is 23.1 Å². The van der Waals surface area contributed by atoms with E-state index in [1.807, 2.05) is 78.9 Å². The molecule has 1 heterocycles. The van der Waals surface area contributed by atoms with Crippen molar-refractivity contribution in [2.45, 2.75) is 10.9 Å². The van der Waals surface area contributed by atoms with Crippen LogP contribution in [0.2, 0.25) is 5.02 Å². The molecule has 1 amide bonds. The van der Waals surface area contributed by atoms with Crippen molar-refractivity contribution in [3.05, 3.63) is 95.0 Å². The molecule has 0 aliphatic carbocycles. The summed E-state index contributed by atoms with van der Waals surface area (Å²) in [5.41, 5.74) is 5.25. The SMILES string of the molecule is O=C(CSc1nnc(-c2ccccc2)s1)NN=Cc1cccc(OCc2ccccc2Cl)c1. The molecular formula is C24H19ClN4O2S2. The minimum absolute atomic E-state index is 0.196. The molecule has 33 heavy (non-hydrogen) atoms. The van der Waals surface area contributed by atoms with Crippen molar-refractivity contribution < 1.29 is 9.53 Å². The first kappa shape index (κ1) is 23.0. The predicted molar refractivity (Wildman–Crippen MR) is 134 cm³/mol. The molecule has 0 bridgehead atoms. The van der Waals surface area contributed by atoms with Crippen LogP contribution in [0.15, 0.2) is 88.3 Å². The summed E-state index contributed by atoms with van der Waals surface area (Å²) in [5, 5.41) is 13.8. The molecule has 166 valence electrons. The molecular weight excluding hydrogens is 476 g/mol. The number of rotatable bonds is 9. The summed E-state index contributed by atoms with van der Waals surface area (Å²) in [7, 11) is 0.